The van der Waals surface area contributed by atoms with Crippen molar-refractivity contribution in [2.24, 2.45) is 0 Å². The first-order valence-electron chi connectivity index (χ1n) is 8.12. The first kappa shape index (κ1) is 19.0. The maximum Gasteiger partial charge on any atom is 0.416 e. The van der Waals surface area contributed by atoms with Gasteiger partial charge in [-0.15, -0.1) is 0 Å². The Hall–Kier alpha value is -2.34. The van der Waals surface area contributed by atoms with Crippen LogP contribution in [-0.4, -0.2) is 23.9 Å². The molecule has 25 heavy (non-hydrogen) atoms. The molecular weight excluding hydrogens is 329 g/mol. The average molecular weight is 350 g/mol. The van der Waals surface area contributed by atoms with Crippen LogP contribution in [0.15, 0.2) is 54.6 Å². The Bertz CT molecular complexity index is 669. The molecular formula is C19H21F3N2O. The lowest BCUT2D eigenvalue weighted by Gasteiger charge is -2.20. The standard InChI is InChI=1S/C19H21F3N2O/c1-2-24(14-15-6-4-3-5-7-15)13-12-18(25)23-17-10-8-16(9-11-17)19(20,21)22/h3-11H,2,12-14H2,1H3,(H,23,25). The second-order valence-corrected chi connectivity index (χ2v) is 5.73. The Balaban J connectivity index is 1.83. The molecule has 2 aromatic carbocycles. The van der Waals surface area contributed by atoms with E-state index in [0.29, 0.717) is 12.2 Å². The minimum Gasteiger partial charge on any atom is -0.326 e. The highest BCUT2D eigenvalue weighted by atomic mass is 19.4. The summed E-state index contributed by atoms with van der Waals surface area (Å²) in [5.41, 5.74) is 0.808. The average Bonchev–Trinajstić information content (AvgIpc) is 2.59. The van der Waals surface area contributed by atoms with Crippen LogP contribution in [0.5, 0.6) is 0 Å². The van der Waals surface area contributed by atoms with Crippen molar-refractivity contribution in [3.05, 3.63) is 65.7 Å². The van der Waals surface area contributed by atoms with Crippen molar-refractivity contribution in [3.8, 4) is 0 Å². The molecule has 1 amide bonds. The molecule has 134 valence electrons. The third-order valence-electron chi connectivity index (χ3n) is 3.85. The summed E-state index contributed by atoms with van der Waals surface area (Å²) in [6, 6.07) is 14.4. The Morgan fingerprint density at radius 2 is 1.68 bits per heavy atom. The lowest BCUT2D eigenvalue weighted by molar-refractivity contribution is -0.137. The van der Waals surface area contributed by atoms with Crippen molar-refractivity contribution < 1.29 is 18.0 Å². The van der Waals surface area contributed by atoms with Gasteiger partial charge in [0.25, 0.3) is 0 Å². The van der Waals surface area contributed by atoms with Gasteiger partial charge in [-0.1, -0.05) is 37.3 Å². The van der Waals surface area contributed by atoms with Crippen LogP contribution in [0, 0.1) is 0 Å². The number of benzene rings is 2. The van der Waals surface area contributed by atoms with E-state index in [2.05, 4.69) is 10.2 Å². The first-order valence-corrected chi connectivity index (χ1v) is 8.12. The minimum absolute atomic E-state index is 0.216. The van der Waals surface area contributed by atoms with Gasteiger partial charge in [0.2, 0.25) is 5.91 Å². The molecule has 0 heterocycles. The zero-order valence-corrected chi connectivity index (χ0v) is 14.0. The van der Waals surface area contributed by atoms with Crippen LogP contribution >= 0.6 is 0 Å². The molecule has 2 aromatic rings. The van der Waals surface area contributed by atoms with Gasteiger partial charge in [-0.3, -0.25) is 9.69 Å². The number of nitrogens with zero attached hydrogens (tertiary/aromatic N) is 1. The third kappa shape index (κ3) is 6.23. The normalized spacial score (nSPS) is 11.6. The molecule has 0 spiro atoms. The fraction of sp³-hybridized carbons (Fsp3) is 0.316. The quantitative estimate of drug-likeness (QED) is 0.794. The van der Waals surface area contributed by atoms with Gasteiger partial charge in [-0.25, -0.2) is 0 Å². The molecule has 0 aliphatic heterocycles. The molecule has 3 nitrogen and oxygen atoms in total. The Kier molecular flexibility index (Phi) is 6.58. The van der Waals surface area contributed by atoms with Crippen LogP contribution in [0.1, 0.15) is 24.5 Å². The highest BCUT2D eigenvalue weighted by molar-refractivity contribution is 5.90. The minimum atomic E-state index is -4.37. The zero-order chi connectivity index (χ0) is 18.3. The summed E-state index contributed by atoms with van der Waals surface area (Å²) in [5.74, 6) is -0.216. The van der Waals surface area contributed by atoms with Gasteiger partial charge >= 0.3 is 6.18 Å². The van der Waals surface area contributed by atoms with Crippen LogP contribution in [0.2, 0.25) is 0 Å². The molecule has 2 rings (SSSR count). The summed E-state index contributed by atoms with van der Waals surface area (Å²) in [6.07, 6.45) is -4.09. The lowest BCUT2D eigenvalue weighted by atomic mass is 10.2. The largest absolute Gasteiger partial charge is 0.416 e. The van der Waals surface area contributed by atoms with Crippen molar-refractivity contribution in [1.29, 1.82) is 0 Å². The van der Waals surface area contributed by atoms with E-state index < -0.39 is 11.7 Å². The summed E-state index contributed by atoms with van der Waals surface area (Å²) in [4.78, 5) is 14.1. The molecule has 0 fully saturated rings. The number of halogens is 3. The molecule has 0 atom stereocenters. The second kappa shape index (κ2) is 8.67. The maximum atomic E-state index is 12.5. The summed E-state index contributed by atoms with van der Waals surface area (Å²) in [7, 11) is 0. The van der Waals surface area contributed by atoms with E-state index in [1.54, 1.807) is 0 Å². The number of carbonyl (C=O) groups excluding carboxylic acids is 1. The van der Waals surface area contributed by atoms with E-state index in [0.717, 1.165) is 25.2 Å². The van der Waals surface area contributed by atoms with Crippen molar-refractivity contribution in [3.63, 3.8) is 0 Å². The number of nitrogens with one attached hydrogen (secondary N) is 1. The SMILES string of the molecule is CCN(CCC(=O)Nc1ccc(C(F)(F)F)cc1)Cc1ccccc1. The number of carbonyl (C=O) groups is 1. The Morgan fingerprint density at radius 1 is 1.04 bits per heavy atom. The number of hydrogen-bond donors (Lipinski definition) is 1. The van der Waals surface area contributed by atoms with Crippen LogP contribution in [0.25, 0.3) is 0 Å². The molecule has 0 radical (unpaired) electrons. The highest BCUT2D eigenvalue weighted by Crippen LogP contribution is 2.29. The highest BCUT2D eigenvalue weighted by Gasteiger charge is 2.29. The topological polar surface area (TPSA) is 32.3 Å². The van der Waals surface area contributed by atoms with Crippen LogP contribution < -0.4 is 5.32 Å². The monoisotopic (exact) mass is 350 g/mol. The van der Waals surface area contributed by atoms with Crippen molar-refractivity contribution in [2.45, 2.75) is 26.1 Å². The molecule has 0 bridgehead atoms. The van der Waals surface area contributed by atoms with E-state index in [4.69, 9.17) is 0 Å². The van der Waals surface area contributed by atoms with E-state index >= 15 is 0 Å². The number of amides is 1. The Morgan fingerprint density at radius 3 is 2.24 bits per heavy atom. The van der Waals surface area contributed by atoms with Gasteiger partial charge in [0.1, 0.15) is 0 Å². The van der Waals surface area contributed by atoms with Crippen molar-refractivity contribution in [1.82, 2.24) is 4.90 Å². The van der Waals surface area contributed by atoms with E-state index in [1.165, 1.54) is 17.7 Å². The van der Waals surface area contributed by atoms with Gasteiger partial charge in [-0.2, -0.15) is 13.2 Å². The fourth-order valence-corrected chi connectivity index (χ4v) is 2.42. The first-order chi connectivity index (χ1) is 11.9. The van der Waals surface area contributed by atoms with Gasteiger partial charge in [0.05, 0.1) is 5.56 Å². The van der Waals surface area contributed by atoms with E-state index in [9.17, 15) is 18.0 Å². The lowest BCUT2D eigenvalue weighted by Crippen LogP contribution is -2.27. The van der Waals surface area contributed by atoms with Gasteiger partial charge in [0, 0.05) is 25.2 Å². The van der Waals surface area contributed by atoms with Crippen molar-refractivity contribution in [2.75, 3.05) is 18.4 Å². The molecule has 6 heteroatoms. The van der Waals surface area contributed by atoms with Crippen molar-refractivity contribution >= 4 is 11.6 Å². The second-order valence-electron chi connectivity index (χ2n) is 5.73. The molecule has 0 saturated carbocycles. The van der Waals surface area contributed by atoms with Crippen LogP contribution in [-0.2, 0) is 17.5 Å². The van der Waals surface area contributed by atoms with E-state index in [1.807, 2.05) is 37.3 Å². The number of hydrogen-bond acceptors (Lipinski definition) is 2. The van der Waals surface area contributed by atoms with Gasteiger partial charge in [-0.05, 0) is 36.4 Å². The predicted molar refractivity (Wildman–Crippen MR) is 92.1 cm³/mol. The summed E-state index contributed by atoms with van der Waals surface area (Å²) < 4.78 is 37.6. The van der Waals surface area contributed by atoms with Gasteiger partial charge in [0.15, 0.2) is 0 Å². The van der Waals surface area contributed by atoms with Crippen LogP contribution in [0.3, 0.4) is 0 Å². The molecule has 0 aliphatic rings. The molecule has 0 aliphatic carbocycles. The third-order valence-corrected chi connectivity index (χ3v) is 3.85. The van der Waals surface area contributed by atoms with Crippen LogP contribution in [0.4, 0.5) is 18.9 Å². The number of rotatable bonds is 7. The Labute approximate surface area is 145 Å². The summed E-state index contributed by atoms with van der Waals surface area (Å²) in [5, 5.41) is 2.63. The molecule has 0 unspecified atom stereocenters. The summed E-state index contributed by atoms with van der Waals surface area (Å²) in [6.45, 7) is 4.17. The molecule has 0 saturated heterocycles. The summed E-state index contributed by atoms with van der Waals surface area (Å²) >= 11 is 0. The molecule has 1 N–H and O–H groups in total. The van der Waals surface area contributed by atoms with E-state index in [-0.39, 0.29) is 12.3 Å². The number of alkyl halides is 3. The fourth-order valence-electron chi connectivity index (χ4n) is 2.42. The maximum absolute atomic E-state index is 12.5. The zero-order valence-electron chi connectivity index (χ0n) is 14.0. The number of anilines is 1. The molecule has 0 aromatic heterocycles. The van der Waals surface area contributed by atoms with Gasteiger partial charge < -0.3 is 5.32 Å². The smallest absolute Gasteiger partial charge is 0.326 e. The predicted octanol–water partition coefficient (Wildman–Crippen LogP) is 4.56.